The van der Waals surface area contributed by atoms with Crippen molar-refractivity contribution in [2.24, 2.45) is 10.7 Å². The van der Waals surface area contributed by atoms with Gasteiger partial charge in [0.2, 0.25) is 5.91 Å². The molecule has 0 aromatic rings. The van der Waals surface area contributed by atoms with Crippen molar-refractivity contribution in [3.63, 3.8) is 0 Å². The number of carboxylic acid groups (broad SMARTS) is 1. The molecule has 19 heavy (non-hydrogen) atoms. The highest BCUT2D eigenvalue weighted by molar-refractivity contribution is 5.87. The van der Waals surface area contributed by atoms with E-state index < -0.39 is 5.97 Å². The zero-order chi connectivity index (χ0) is 14.4. The van der Waals surface area contributed by atoms with Crippen molar-refractivity contribution in [2.45, 2.75) is 25.8 Å². The average Bonchev–Trinajstić information content (AvgIpc) is 2.31. The molecule has 0 bridgehead atoms. The molecular formula is C12H20N4O3. The maximum absolute atomic E-state index is 12.1. The third-order valence-corrected chi connectivity index (χ3v) is 2.84. The summed E-state index contributed by atoms with van der Waals surface area (Å²) in [6.45, 7) is 1.98. The van der Waals surface area contributed by atoms with E-state index in [2.05, 4.69) is 4.99 Å². The second kappa shape index (κ2) is 6.77. The van der Waals surface area contributed by atoms with Gasteiger partial charge in [-0.15, -0.1) is 0 Å². The fourth-order valence-corrected chi connectivity index (χ4v) is 1.87. The number of hydrogen-bond donors (Lipinski definition) is 2. The van der Waals surface area contributed by atoms with E-state index >= 15 is 0 Å². The van der Waals surface area contributed by atoms with Crippen molar-refractivity contribution in [2.75, 3.05) is 20.1 Å². The Bertz CT molecular complexity index is 402. The van der Waals surface area contributed by atoms with Crippen molar-refractivity contribution in [1.29, 1.82) is 0 Å². The zero-order valence-electron chi connectivity index (χ0n) is 11.2. The number of amidine groups is 1. The molecule has 1 unspecified atom stereocenters. The van der Waals surface area contributed by atoms with Gasteiger partial charge in [-0.2, -0.15) is 0 Å². The molecular weight excluding hydrogens is 248 g/mol. The minimum atomic E-state index is -1.02. The summed E-state index contributed by atoms with van der Waals surface area (Å²) >= 11 is 0. The monoisotopic (exact) mass is 268 g/mol. The van der Waals surface area contributed by atoms with Gasteiger partial charge in [0.1, 0.15) is 12.6 Å². The Morgan fingerprint density at radius 3 is 2.79 bits per heavy atom. The highest BCUT2D eigenvalue weighted by Gasteiger charge is 2.29. The summed E-state index contributed by atoms with van der Waals surface area (Å²) in [4.78, 5) is 29.9. The lowest BCUT2D eigenvalue weighted by Crippen LogP contribution is -2.48. The standard InChI is InChI=1S/C12H20N4O3/c1-9(13)14-5-3-4-10-12(19)16(8-11(17)18)7-6-15(10)2/h6-7,10H,3-5,8H2,1-2H3,(H2,13,14)(H,17,18). The second-order valence-corrected chi connectivity index (χ2v) is 4.50. The molecule has 1 aliphatic rings. The first kappa shape index (κ1) is 15.0. The maximum Gasteiger partial charge on any atom is 0.323 e. The second-order valence-electron chi connectivity index (χ2n) is 4.50. The minimum Gasteiger partial charge on any atom is -0.480 e. The van der Waals surface area contributed by atoms with Crippen LogP contribution in [0.4, 0.5) is 0 Å². The number of aliphatic carboxylic acids is 1. The SMILES string of the molecule is CC(N)=NCCCC1C(=O)N(CC(=O)O)C=CN1C. The van der Waals surface area contributed by atoms with Crippen molar-refractivity contribution < 1.29 is 14.7 Å². The van der Waals surface area contributed by atoms with Crippen molar-refractivity contribution in [3.8, 4) is 0 Å². The number of carboxylic acids is 1. The topological polar surface area (TPSA) is 99.2 Å². The quantitative estimate of drug-likeness (QED) is 0.396. The van der Waals surface area contributed by atoms with E-state index in [1.54, 1.807) is 25.1 Å². The molecule has 0 spiro atoms. The van der Waals surface area contributed by atoms with E-state index in [-0.39, 0.29) is 18.5 Å². The van der Waals surface area contributed by atoms with E-state index in [4.69, 9.17) is 10.8 Å². The molecule has 1 rings (SSSR count). The average molecular weight is 268 g/mol. The largest absolute Gasteiger partial charge is 0.480 e. The van der Waals surface area contributed by atoms with Crippen LogP contribution in [-0.2, 0) is 9.59 Å². The number of likely N-dealkylation sites (N-methyl/N-ethyl adjacent to an activating group) is 1. The lowest BCUT2D eigenvalue weighted by molar-refractivity contribution is -0.145. The molecule has 7 heteroatoms. The first-order valence-corrected chi connectivity index (χ1v) is 6.11. The van der Waals surface area contributed by atoms with Crippen molar-refractivity contribution >= 4 is 17.7 Å². The molecule has 0 fully saturated rings. The van der Waals surface area contributed by atoms with Crippen LogP contribution in [0, 0.1) is 0 Å². The lowest BCUT2D eigenvalue weighted by atomic mass is 10.1. The third kappa shape index (κ3) is 4.61. The number of carbonyl (C=O) groups is 2. The molecule has 1 heterocycles. The fraction of sp³-hybridized carbons (Fsp3) is 0.583. The molecule has 0 saturated carbocycles. The van der Waals surface area contributed by atoms with Gasteiger partial charge in [0.25, 0.3) is 0 Å². The number of carbonyl (C=O) groups excluding carboxylic acids is 1. The first-order valence-electron chi connectivity index (χ1n) is 6.11. The van der Waals surface area contributed by atoms with E-state index in [0.29, 0.717) is 18.8 Å². The predicted octanol–water partition coefficient (Wildman–Crippen LogP) is -0.158. The van der Waals surface area contributed by atoms with Crippen LogP contribution < -0.4 is 5.73 Å². The predicted molar refractivity (Wildman–Crippen MR) is 71.4 cm³/mol. The Morgan fingerprint density at radius 1 is 1.53 bits per heavy atom. The molecule has 0 saturated heterocycles. The number of amides is 1. The summed E-state index contributed by atoms with van der Waals surface area (Å²) in [5.41, 5.74) is 5.43. The van der Waals surface area contributed by atoms with Crippen LogP contribution in [0.2, 0.25) is 0 Å². The molecule has 0 aromatic heterocycles. The van der Waals surface area contributed by atoms with Gasteiger partial charge in [-0.25, -0.2) is 0 Å². The summed E-state index contributed by atoms with van der Waals surface area (Å²) < 4.78 is 0. The van der Waals surface area contributed by atoms with E-state index in [1.807, 2.05) is 0 Å². The molecule has 1 amide bonds. The summed E-state index contributed by atoms with van der Waals surface area (Å²) in [5.74, 6) is -0.693. The number of rotatable bonds is 6. The molecule has 0 radical (unpaired) electrons. The lowest BCUT2D eigenvalue weighted by Gasteiger charge is -2.34. The first-order chi connectivity index (χ1) is 8.91. The van der Waals surface area contributed by atoms with Crippen LogP contribution in [0.25, 0.3) is 0 Å². The highest BCUT2D eigenvalue weighted by atomic mass is 16.4. The van der Waals surface area contributed by atoms with Crippen molar-refractivity contribution in [1.82, 2.24) is 9.80 Å². The summed E-state index contributed by atoms with van der Waals surface area (Å²) in [6, 6.07) is -0.336. The van der Waals surface area contributed by atoms with Crippen LogP contribution in [-0.4, -0.2) is 58.8 Å². The van der Waals surface area contributed by atoms with Gasteiger partial charge >= 0.3 is 5.97 Å². The van der Waals surface area contributed by atoms with Gasteiger partial charge in [-0.1, -0.05) is 0 Å². The zero-order valence-corrected chi connectivity index (χ0v) is 11.2. The van der Waals surface area contributed by atoms with Crippen LogP contribution in [0.15, 0.2) is 17.4 Å². The summed E-state index contributed by atoms with van der Waals surface area (Å²) in [5, 5.41) is 8.74. The highest BCUT2D eigenvalue weighted by Crippen LogP contribution is 2.15. The van der Waals surface area contributed by atoms with Gasteiger partial charge in [0, 0.05) is 26.0 Å². The van der Waals surface area contributed by atoms with Gasteiger partial charge in [0.15, 0.2) is 0 Å². The smallest absolute Gasteiger partial charge is 0.323 e. The van der Waals surface area contributed by atoms with E-state index in [9.17, 15) is 9.59 Å². The number of hydrogen-bond acceptors (Lipinski definition) is 4. The molecule has 1 aliphatic heterocycles. The number of aliphatic imine (C=N–C) groups is 1. The maximum atomic E-state index is 12.1. The third-order valence-electron chi connectivity index (χ3n) is 2.84. The molecule has 0 aliphatic carbocycles. The van der Waals surface area contributed by atoms with Crippen molar-refractivity contribution in [3.05, 3.63) is 12.4 Å². The van der Waals surface area contributed by atoms with Gasteiger partial charge in [0.05, 0.1) is 5.84 Å². The van der Waals surface area contributed by atoms with Gasteiger partial charge in [-0.05, 0) is 19.8 Å². The van der Waals surface area contributed by atoms with E-state index in [1.165, 1.54) is 11.1 Å². The van der Waals surface area contributed by atoms with Gasteiger partial charge < -0.3 is 20.6 Å². The Hall–Kier alpha value is -2.05. The molecule has 7 nitrogen and oxygen atoms in total. The van der Waals surface area contributed by atoms with Crippen LogP contribution in [0.5, 0.6) is 0 Å². The van der Waals surface area contributed by atoms with Crippen LogP contribution >= 0.6 is 0 Å². The Kier molecular flexibility index (Phi) is 5.35. The van der Waals surface area contributed by atoms with E-state index in [0.717, 1.165) is 6.42 Å². The Balaban J connectivity index is 2.56. The number of nitrogens with zero attached hydrogens (tertiary/aromatic N) is 3. The minimum absolute atomic E-state index is 0.194. The van der Waals surface area contributed by atoms with Crippen LogP contribution in [0.3, 0.4) is 0 Å². The molecule has 0 aromatic carbocycles. The fourth-order valence-electron chi connectivity index (χ4n) is 1.87. The molecule has 3 N–H and O–H groups in total. The van der Waals surface area contributed by atoms with Gasteiger partial charge in [-0.3, -0.25) is 14.6 Å². The molecule has 1 atom stereocenters. The number of nitrogens with two attached hydrogens (primary N) is 1. The molecule has 106 valence electrons. The summed E-state index contributed by atoms with van der Waals surface area (Å²) in [6.07, 6.45) is 4.55. The normalized spacial score (nSPS) is 20.0. The Labute approximate surface area is 112 Å². The summed E-state index contributed by atoms with van der Waals surface area (Å²) in [7, 11) is 1.80. The van der Waals surface area contributed by atoms with Crippen LogP contribution in [0.1, 0.15) is 19.8 Å². The Morgan fingerprint density at radius 2 is 2.21 bits per heavy atom.